The number of Topliss-reactive ketones (excluding diaryl/α,β-unsaturated/α-hetero) is 1. The van der Waals surface area contributed by atoms with Crippen molar-refractivity contribution in [2.24, 2.45) is 5.73 Å². The molecule has 3 heterocycles. The number of methoxy groups -OCH3 is 2. The largest absolute Gasteiger partial charge is 0.493 e. The van der Waals surface area contributed by atoms with Crippen molar-refractivity contribution < 1.29 is 23.5 Å². The van der Waals surface area contributed by atoms with Crippen molar-refractivity contribution in [1.82, 2.24) is 15.5 Å². The van der Waals surface area contributed by atoms with Crippen molar-refractivity contribution in [2.45, 2.75) is 35.9 Å². The zero-order valence-electron chi connectivity index (χ0n) is 22.5. The summed E-state index contributed by atoms with van der Waals surface area (Å²) < 4.78 is 16.8. The van der Waals surface area contributed by atoms with Crippen molar-refractivity contribution >= 4 is 39.9 Å². The molecular formula is C28H28N6O5S2. The van der Waals surface area contributed by atoms with E-state index in [1.807, 2.05) is 18.2 Å². The Morgan fingerprint density at radius 3 is 2.83 bits per heavy atom. The maximum atomic E-state index is 13.1. The standard InChI is InChI=1S/C28H28N6O5S2/c1-37-20-9-8-16(13-22(20)38-2)10-11-31-23(36)15-40-28-33-32-27(41-28)34-18-5-3-6-19(35)25(18)24(17(14-29)26(34)30)21-7-4-12-39-21/h4,7-9,12-13,24H,3,5-6,10-11,15,30H2,1-2H3,(H,31,36). The van der Waals surface area contributed by atoms with Crippen LogP contribution in [0.2, 0.25) is 0 Å². The molecule has 0 radical (unpaired) electrons. The number of thioether (sulfide) groups is 1. The van der Waals surface area contributed by atoms with Gasteiger partial charge in [0.2, 0.25) is 11.0 Å². The Morgan fingerprint density at radius 1 is 1.27 bits per heavy atom. The normalized spacial score (nSPS) is 16.9. The van der Waals surface area contributed by atoms with E-state index in [0.29, 0.717) is 70.2 Å². The molecule has 0 fully saturated rings. The topological polar surface area (TPSA) is 157 Å². The number of amides is 1. The summed E-state index contributed by atoms with van der Waals surface area (Å²) in [5.41, 5.74) is 8.99. The molecule has 0 spiro atoms. The average Bonchev–Trinajstić information content (AvgIpc) is 3.68. The van der Waals surface area contributed by atoms with E-state index in [4.69, 9.17) is 19.6 Å². The number of carbonyl (C=O) groups excluding carboxylic acids is 2. The highest BCUT2D eigenvalue weighted by Gasteiger charge is 2.42. The molecule has 2 aliphatic rings. The van der Waals surface area contributed by atoms with Crippen LogP contribution in [0.25, 0.3) is 0 Å². The lowest BCUT2D eigenvalue weighted by Crippen LogP contribution is -2.38. The summed E-state index contributed by atoms with van der Waals surface area (Å²) in [6.07, 6.45) is 3.80. The summed E-state index contributed by atoms with van der Waals surface area (Å²) in [7, 11) is 3.17. The Kier molecular flexibility index (Phi) is 8.61. The quantitative estimate of drug-likeness (QED) is 0.329. The fourth-order valence-electron chi connectivity index (χ4n) is 4.96. The van der Waals surface area contributed by atoms with Crippen LogP contribution < -0.4 is 25.4 Å². The van der Waals surface area contributed by atoms with E-state index in [0.717, 1.165) is 5.56 Å². The summed E-state index contributed by atoms with van der Waals surface area (Å²) in [6, 6.07) is 11.3. The fourth-order valence-corrected chi connectivity index (χ4v) is 6.67. The molecule has 1 amide bonds. The molecule has 0 saturated heterocycles. The predicted molar refractivity (Wildman–Crippen MR) is 154 cm³/mol. The second-order valence-electron chi connectivity index (χ2n) is 9.26. The molecule has 2 aromatic heterocycles. The molecule has 1 aromatic carbocycles. The molecule has 0 saturated carbocycles. The highest BCUT2D eigenvalue weighted by molar-refractivity contribution is 8.01. The number of hydrogen-bond donors (Lipinski definition) is 2. The van der Waals surface area contributed by atoms with E-state index in [9.17, 15) is 14.9 Å². The number of nitrogens with two attached hydrogens (primary N) is 1. The minimum absolute atomic E-state index is 0.0400. The number of nitriles is 1. The second kappa shape index (κ2) is 12.5. The summed E-state index contributed by atoms with van der Waals surface area (Å²) >= 11 is 2.51. The third kappa shape index (κ3) is 5.79. The van der Waals surface area contributed by atoms with E-state index < -0.39 is 5.92 Å². The molecule has 1 aliphatic carbocycles. The number of ketones is 1. The Labute approximate surface area is 245 Å². The summed E-state index contributed by atoms with van der Waals surface area (Å²) in [6.45, 7) is 0.462. The minimum Gasteiger partial charge on any atom is -0.493 e. The number of hydrogen-bond acceptors (Lipinski definition) is 12. The molecule has 11 nitrogen and oxygen atoms in total. The maximum absolute atomic E-state index is 13.1. The highest BCUT2D eigenvalue weighted by Crippen LogP contribution is 2.47. The summed E-state index contributed by atoms with van der Waals surface area (Å²) in [5.74, 6) is 1.31. The van der Waals surface area contributed by atoms with Crippen molar-refractivity contribution in [1.29, 1.82) is 5.26 Å². The Morgan fingerprint density at radius 2 is 2.10 bits per heavy atom. The van der Waals surface area contributed by atoms with E-state index >= 15 is 0 Å². The van der Waals surface area contributed by atoms with Gasteiger partial charge in [-0.2, -0.15) is 5.26 Å². The monoisotopic (exact) mass is 592 g/mol. The molecule has 13 heteroatoms. The lowest BCUT2D eigenvalue weighted by molar-refractivity contribution is -0.118. The number of benzene rings is 1. The van der Waals surface area contributed by atoms with Crippen LogP contribution in [0.4, 0.5) is 5.13 Å². The molecule has 1 aliphatic heterocycles. The molecule has 3 aromatic rings. The molecule has 212 valence electrons. The Balaban J connectivity index is 1.25. The number of nitrogens with zero attached hydrogens (tertiary/aromatic N) is 4. The SMILES string of the molecule is COc1ccc(CCNC(=O)CSc2nnc(N3C(N)=C(C#N)C(c4ccco4)C4=C3CCCC4=O)s2)cc1OC. The van der Waals surface area contributed by atoms with Gasteiger partial charge in [0.1, 0.15) is 11.6 Å². The minimum atomic E-state index is -0.654. The first-order chi connectivity index (χ1) is 19.9. The second-order valence-corrected chi connectivity index (χ2v) is 11.4. The van der Waals surface area contributed by atoms with Crippen LogP contribution in [0.1, 0.15) is 36.5 Å². The van der Waals surface area contributed by atoms with Crippen LogP contribution in [-0.4, -0.2) is 48.4 Å². The third-order valence-corrected chi connectivity index (χ3v) is 8.88. The van der Waals surface area contributed by atoms with E-state index in [1.165, 1.54) is 29.4 Å². The van der Waals surface area contributed by atoms with Gasteiger partial charge in [-0.1, -0.05) is 29.2 Å². The first kappa shape index (κ1) is 28.3. The first-order valence-electron chi connectivity index (χ1n) is 12.9. The fraction of sp³-hybridized carbons (Fsp3) is 0.321. The van der Waals surface area contributed by atoms with Gasteiger partial charge in [0, 0.05) is 24.2 Å². The number of carbonyl (C=O) groups is 2. The predicted octanol–water partition coefficient (Wildman–Crippen LogP) is 3.90. The van der Waals surface area contributed by atoms with Crippen LogP contribution in [0.5, 0.6) is 11.5 Å². The third-order valence-electron chi connectivity index (χ3n) is 6.84. The number of furan rings is 1. The zero-order valence-corrected chi connectivity index (χ0v) is 24.1. The van der Waals surface area contributed by atoms with E-state index in [1.54, 1.807) is 31.3 Å². The highest BCUT2D eigenvalue weighted by atomic mass is 32.2. The van der Waals surface area contributed by atoms with E-state index in [2.05, 4.69) is 21.6 Å². The van der Waals surface area contributed by atoms with Crippen LogP contribution >= 0.6 is 23.1 Å². The number of allylic oxidation sites excluding steroid dienone is 3. The maximum Gasteiger partial charge on any atom is 0.230 e. The molecule has 0 bridgehead atoms. The Hall–Kier alpha value is -4.28. The van der Waals surface area contributed by atoms with Crippen molar-refractivity contribution in [3.63, 3.8) is 0 Å². The van der Waals surface area contributed by atoms with Gasteiger partial charge in [0.25, 0.3) is 0 Å². The summed E-state index contributed by atoms with van der Waals surface area (Å²) in [5, 5.41) is 21.9. The van der Waals surface area contributed by atoms with Gasteiger partial charge >= 0.3 is 0 Å². The van der Waals surface area contributed by atoms with Crippen LogP contribution in [0, 0.1) is 11.3 Å². The molecule has 41 heavy (non-hydrogen) atoms. The van der Waals surface area contributed by atoms with Crippen molar-refractivity contribution in [2.75, 3.05) is 31.4 Å². The van der Waals surface area contributed by atoms with Gasteiger partial charge in [-0.05, 0) is 49.1 Å². The first-order valence-corrected chi connectivity index (χ1v) is 14.7. The molecule has 5 rings (SSSR count). The van der Waals surface area contributed by atoms with Gasteiger partial charge in [0.05, 0.1) is 43.8 Å². The molecule has 1 atom stereocenters. The molecule has 1 unspecified atom stereocenters. The lowest BCUT2D eigenvalue weighted by atomic mass is 9.78. The number of aromatic nitrogens is 2. The van der Waals surface area contributed by atoms with Gasteiger partial charge in [-0.15, -0.1) is 10.2 Å². The summed E-state index contributed by atoms with van der Waals surface area (Å²) in [4.78, 5) is 27.3. The van der Waals surface area contributed by atoms with E-state index in [-0.39, 0.29) is 28.8 Å². The lowest BCUT2D eigenvalue weighted by Gasteiger charge is -2.37. The molecular weight excluding hydrogens is 564 g/mol. The van der Waals surface area contributed by atoms with Crippen molar-refractivity contribution in [3.05, 3.63) is 70.6 Å². The number of ether oxygens (including phenoxy) is 2. The van der Waals surface area contributed by atoms with Gasteiger partial charge in [-0.3, -0.25) is 14.5 Å². The molecule has 3 N–H and O–H groups in total. The number of anilines is 1. The zero-order chi connectivity index (χ0) is 28.9. The Bertz CT molecular complexity index is 1560. The van der Waals surface area contributed by atoms with Gasteiger partial charge < -0.3 is 24.9 Å². The van der Waals surface area contributed by atoms with Gasteiger partial charge in [0.15, 0.2) is 21.6 Å². The van der Waals surface area contributed by atoms with Gasteiger partial charge in [-0.25, -0.2) is 0 Å². The van der Waals surface area contributed by atoms with Crippen LogP contribution in [-0.2, 0) is 16.0 Å². The van der Waals surface area contributed by atoms with Crippen LogP contribution in [0.15, 0.2) is 68.0 Å². The average molecular weight is 593 g/mol. The van der Waals surface area contributed by atoms with Crippen molar-refractivity contribution in [3.8, 4) is 17.6 Å². The smallest absolute Gasteiger partial charge is 0.230 e. The number of rotatable bonds is 10. The van der Waals surface area contributed by atoms with Crippen LogP contribution in [0.3, 0.4) is 0 Å². The number of nitrogens with one attached hydrogen (secondary N) is 1.